The van der Waals surface area contributed by atoms with Crippen molar-refractivity contribution >= 4 is 23.8 Å². The zero-order valence-electron chi connectivity index (χ0n) is 20.5. The minimum absolute atomic E-state index is 0. The highest BCUT2D eigenvalue weighted by molar-refractivity contribution is 5.85. The van der Waals surface area contributed by atoms with Crippen LogP contribution >= 0.6 is 12.4 Å². The summed E-state index contributed by atoms with van der Waals surface area (Å²) in [5.74, 6) is 0.741. The third kappa shape index (κ3) is 5.23. The van der Waals surface area contributed by atoms with Gasteiger partial charge in [0, 0.05) is 50.6 Å². The molecule has 32 heavy (non-hydrogen) atoms. The number of benzene rings is 1. The second-order valence-corrected chi connectivity index (χ2v) is 11.0. The lowest BCUT2D eigenvalue weighted by molar-refractivity contribution is -0.00522. The fourth-order valence-corrected chi connectivity index (χ4v) is 6.49. The molecule has 1 aromatic rings. The summed E-state index contributed by atoms with van der Waals surface area (Å²) >= 11 is 0. The first-order valence-corrected chi connectivity index (χ1v) is 13.1. The van der Waals surface area contributed by atoms with E-state index >= 15 is 0 Å². The minimum atomic E-state index is 0. The molecule has 5 heteroatoms. The van der Waals surface area contributed by atoms with Crippen LogP contribution in [0.15, 0.2) is 18.2 Å². The molecule has 1 aromatic carbocycles. The molecule has 0 aromatic heterocycles. The van der Waals surface area contributed by atoms with Crippen molar-refractivity contribution in [3.8, 4) is 0 Å². The van der Waals surface area contributed by atoms with E-state index < -0.39 is 0 Å². The number of piperazine rings is 1. The van der Waals surface area contributed by atoms with E-state index in [2.05, 4.69) is 53.7 Å². The number of hydrogen-bond acceptors (Lipinski definition) is 4. The van der Waals surface area contributed by atoms with Crippen LogP contribution in [0.5, 0.6) is 0 Å². The minimum Gasteiger partial charge on any atom is -0.372 e. The molecule has 0 N–H and O–H groups in total. The number of hydrogen-bond donors (Lipinski definition) is 0. The topological polar surface area (TPSA) is 19.0 Å². The second-order valence-electron chi connectivity index (χ2n) is 11.0. The van der Waals surface area contributed by atoms with Crippen molar-refractivity contribution in [2.24, 2.45) is 5.41 Å². The van der Waals surface area contributed by atoms with Crippen LogP contribution < -0.4 is 9.80 Å². The number of rotatable bonds is 5. The molecular formula is C27H44ClN3O. The fraction of sp³-hybridized carbons (Fsp3) is 0.778. The van der Waals surface area contributed by atoms with Gasteiger partial charge in [0.15, 0.2) is 0 Å². The molecule has 5 rings (SSSR count). The number of nitrogens with zero attached hydrogens (tertiary/aromatic N) is 3. The van der Waals surface area contributed by atoms with Crippen molar-refractivity contribution in [1.29, 1.82) is 0 Å². The highest BCUT2D eigenvalue weighted by Gasteiger charge is 2.45. The third-order valence-electron chi connectivity index (χ3n) is 8.49. The summed E-state index contributed by atoms with van der Waals surface area (Å²) in [6.07, 6.45) is 10.6. The van der Waals surface area contributed by atoms with Crippen molar-refractivity contribution in [1.82, 2.24) is 4.90 Å². The molecule has 4 nitrogen and oxygen atoms in total. The Morgan fingerprint density at radius 3 is 2.16 bits per heavy atom. The van der Waals surface area contributed by atoms with Crippen LogP contribution in [0.2, 0.25) is 0 Å². The van der Waals surface area contributed by atoms with Gasteiger partial charge in [-0.25, -0.2) is 0 Å². The molecule has 4 fully saturated rings. The van der Waals surface area contributed by atoms with Crippen molar-refractivity contribution < 1.29 is 4.74 Å². The number of ether oxygens (including phenoxy) is 1. The van der Waals surface area contributed by atoms with Gasteiger partial charge in [0.2, 0.25) is 0 Å². The Morgan fingerprint density at radius 1 is 0.906 bits per heavy atom. The van der Waals surface area contributed by atoms with Crippen LogP contribution in [-0.4, -0.2) is 62.9 Å². The molecule has 180 valence electrons. The van der Waals surface area contributed by atoms with Crippen molar-refractivity contribution in [3.05, 3.63) is 23.8 Å². The smallest absolute Gasteiger partial charge is 0.0726 e. The zero-order chi connectivity index (χ0) is 21.4. The van der Waals surface area contributed by atoms with E-state index in [0.29, 0.717) is 12.2 Å². The van der Waals surface area contributed by atoms with Gasteiger partial charge in [-0.2, -0.15) is 0 Å². The van der Waals surface area contributed by atoms with Gasteiger partial charge in [-0.3, -0.25) is 4.90 Å². The molecule has 2 unspecified atom stereocenters. The van der Waals surface area contributed by atoms with Crippen molar-refractivity contribution in [2.75, 3.05) is 55.6 Å². The molecule has 2 aliphatic carbocycles. The molecule has 0 amide bonds. The summed E-state index contributed by atoms with van der Waals surface area (Å²) < 4.78 is 6.01. The normalized spacial score (nSPS) is 28.6. The maximum absolute atomic E-state index is 6.01. The Kier molecular flexibility index (Phi) is 7.63. The van der Waals surface area contributed by atoms with E-state index in [1.807, 2.05) is 0 Å². The van der Waals surface area contributed by atoms with Crippen LogP contribution in [-0.2, 0) is 4.74 Å². The maximum Gasteiger partial charge on any atom is 0.0726 e. The molecular weight excluding hydrogens is 418 g/mol. The van der Waals surface area contributed by atoms with Crippen LogP contribution in [0.3, 0.4) is 0 Å². The molecule has 4 aliphatic rings. The van der Waals surface area contributed by atoms with E-state index in [-0.39, 0.29) is 12.4 Å². The van der Waals surface area contributed by atoms with Crippen LogP contribution in [0.25, 0.3) is 0 Å². The lowest BCUT2D eigenvalue weighted by atomic mass is 9.76. The lowest BCUT2D eigenvalue weighted by Crippen LogP contribution is -2.47. The standard InChI is InChI=1S/C27H43N3O.ClH/c1-4-13-28-14-16-29(17-15-28)26-6-5-24(30-19-21(2)31-22(3)20-30)18-25(26)23-7-9-27(10-8-23)11-12-27;/h5-6,18,21-23H,4,7-17,19-20H2,1-3H3;1H. The van der Waals surface area contributed by atoms with Crippen molar-refractivity contribution in [3.63, 3.8) is 0 Å². The molecule has 0 bridgehead atoms. The van der Waals surface area contributed by atoms with E-state index in [9.17, 15) is 0 Å². The summed E-state index contributed by atoms with van der Waals surface area (Å²) in [5.41, 5.74) is 5.35. The summed E-state index contributed by atoms with van der Waals surface area (Å²) in [4.78, 5) is 7.90. The van der Waals surface area contributed by atoms with Gasteiger partial charge < -0.3 is 14.5 Å². The van der Waals surface area contributed by atoms with Crippen LogP contribution in [0, 0.1) is 5.41 Å². The molecule has 2 saturated carbocycles. The van der Waals surface area contributed by atoms with Gasteiger partial charge in [-0.1, -0.05) is 6.92 Å². The highest BCUT2D eigenvalue weighted by Crippen LogP contribution is 2.59. The summed E-state index contributed by atoms with van der Waals surface area (Å²) in [5, 5.41) is 0. The Labute approximate surface area is 202 Å². The number of anilines is 2. The van der Waals surface area contributed by atoms with Crippen LogP contribution in [0.4, 0.5) is 11.4 Å². The summed E-state index contributed by atoms with van der Waals surface area (Å²) in [6.45, 7) is 14.8. The largest absolute Gasteiger partial charge is 0.372 e. The Morgan fingerprint density at radius 2 is 1.56 bits per heavy atom. The van der Waals surface area contributed by atoms with Gasteiger partial charge in [-0.15, -0.1) is 12.4 Å². The monoisotopic (exact) mass is 461 g/mol. The van der Waals surface area contributed by atoms with Gasteiger partial charge >= 0.3 is 0 Å². The molecule has 2 saturated heterocycles. The Bertz CT molecular complexity index is 739. The second kappa shape index (κ2) is 10.1. The molecule has 2 heterocycles. The van der Waals surface area contributed by atoms with E-state index in [1.165, 1.54) is 89.0 Å². The first kappa shape index (κ1) is 24.2. The average molecular weight is 462 g/mol. The quantitative estimate of drug-likeness (QED) is 0.560. The number of morpholine rings is 1. The van der Waals surface area contributed by atoms with Crippen molar-refractivity contribution in [2.45, 2.75) is 83.8 Å². The van der Waals surface area contributed by atoms with E-state index in [1.54, 1.807) is 5.56 Å². The Balaban J connectivity index is 0.00000245. The molecule has 0 radical (unpaired) electrons. The fourth-order valence-electron chi connectivity index (χ4n) is 6.49. The zero-order valence-corrected chi connectivity index (χ0v) is 21.3. The molecule has 1 spiro atoms. The first-order valence-electron chi connectivity index (χ1n) is 13.1. The SMILES string of the molecule is CCCN1CCN(c2ccc(N3CC(C)OC(C)C3)cc2C2CCC3(CC2)CC3)CC1.Cl. The van der Waals surface area contributed by atoms with Gasteiger partial charge in [-0.05, 0) is 100 Å². The third-order valence-corrected chi connectivity index (χ3v) is 8.49. The predicted molar refractivity (Wildman–Crippen MR) is 138 cm³/mol. The maximum atomic E-state index is 6.01. The first-order chi connectivity index (χ1) is 15.0. The van der Waals surface area contributed by atoms with Crippen LogP contribution in [0.1, 0.15) is 77.2 Å². The summed E-state index contributed by atoms with van der Waals surface area (Å²) in [7, 11) is 0. The summed E-state index contributed by atoms with van der Waals surface area (Å²) in [6, 6.07) is 7.44. The van der Waals surface area contributed by atoms with E-state index in [4.69, 9.17) is 4.74 Å². The van der Waals surface area contributed by atoms with Gasteiger partial charge in [0.05, 0.1) is 12.2 Å². The van der Waals surface area contributed by atoms with Gasteiger partial charge in [0.1, 0.15) is 0 Å². The lowest BCUT2D eigenvalue weighted by Gasteiger charge is -2.40. The molecule has 2 atom stereocenters. The molecule has 2 aliphatic heterocycles. The highest BCUT2D eigenvalue weighted by atomic mass is 35.5. The average Bonchev–Trinajstić information content (AvgIpc) is 3.53. The predicted octanol–water partition coefficient (Wildman–Crippen LogP) is 5.69. The van der Waals surface area contributed by atoms with Gasteiger partial charge in [0.25, 0.3) is 0 Å². The van der Waals surface area contributed by atoms with E-state index in [0.717, 1.165) is 24.4 Å². The Hall–Kier alpha value is -0.970. The number of halogens is 1.